The number of nitro groups is 1. The van der Waals surface area contributed by atoms with Crippen molar-refractivity contribution >= 4 is 29.1 Å². The average Bonchev–Trinajstić information content (AvgIpc) is 2.74. The minimum Gasteiger partial charge on any atom is -0.478 e. The predicted molar refractivity (Wildman–Crippen MR) is 119 cm³/mol. The van der Waals surface area contributed by atoms with E-state index in [0.717, 1.165) is 6.07 Å². The van der Waals surface area contributed by atoms with Crippen LogP contribution in [0.1, 0.15) is 27.9 Å². The zero-order chi connectivity index (χ0) is 25.0. The molecule has 0 aliphatic heterocycles. The number of nitrogens with two attached hydrogens (primary N) is 2. The Hall–Kier alpha value is -4.55. The van der Waals surface area contributed by atoms with Gasteiger partial charge in [-0.1, -0.05) is 12.1 Å². The molecule has 13 heteroatoms. The fourth-order valence-electron chi connectivity index (χ4n) is 3.45. The Kier molecular flexibility index (Phi) is 7.04. The molecule has 0 unspecified atom stereocenters. The summed E-state index contributed by atoms with van der Waals surface area (Å²) in [6.07, 6.45) is 0.315. The highest BCUT2D eigenvalue weighted by molar-refractivity contribution is 5.87. The molecule has 0 atom stereocenters. The van der Waals surface area contributed by atoms with E-state index in [1.807, 2.05) is 0 Å². The summed E-state index contributed by atoms with van der Waals surface area (Å²) in [5.41, 5.74) is 10.2. The molecule has 178 valence electrons. The summed E-state index contributed by atoms with van der Waals surface area (Å²) in [6.45, 7) is 0.00311. The number of aromatic nitrogens is 2. The Labute approximate surface area is 190 Å². The molecule has 0 bridgehead atoms. The molecule has 0 aliphatic carbocycles. The van der Waals surface area contributed by atoms with Crippen LogP contribution in [0.2, 0.25) is 0 Å². The highest BCUT2D eigenvalue weighted by Gasteiger charge is 2.26. The first-order valence-corrected chi connectivity index (χ1v) is 9.91. The van der Waals surface area contributed by atoms with E-state index in [0.29, 0.717) is 11.6 Å². The fourth-order valence-corrected chi connectivity index (χ4v) is 3.45. The molecule has 11 nitrogen and oxygen atoms in total. The zero-order valence-electron chi connectivity index (χ0n) is 17.6. The maximum absolute atomic E-state index is 14.3. The molecule has 1 heterocycles. The topological polar surface area (TPSA) is 181 Å². The first kappa shape index (κ1) is 24.1. The number of hydrogen-bond acceptors (Lipinski definition) is 8. The molecule has 3 aromatic rings. The number of anilines is 3. The number of benzene rings is 2. The minimum absolute atomic E-state index is 0.0311. The number of nitrogens with zero attached hydrogens (tertiary/aromatic N) is 3. The second-order valence-electron chi connectivity index (χ2n) is 7.35. The number of carbonyl (C=O) groups is 1. The third kappa shape index (κ3) is 5.43. The fraction of sp³-hybridized carbons (Fsp3) is 0.190. The molecule has 0 saturated carbocycles. The lowest BCUT2D eigenvalue weighted by molar-refractivity contribution is -0.386. The van der Waals surface area contributed by atoms with Crippen LogP contribution in [0.5, 0.6) is 0 Å². The molecule has 0 aliphatic rings. The van der Waals surface area contributed by atoms with E-state index < -0.39 is 33.8 Å². The van der Waals surface area contributed by atoms with Crippen LogP contribution in [0, 0.1) is 21.7 Å². The Balaban J connectivity index is 1.94. The van der Waals surface area contributed by atoms with Crippen LogP contribution in [0.25, 0.3) is 0 Å². The van der Waals surface area contributed by atoms with Crippen LogP contribution in [0.3, 0.4) is 0 Å². The van der Waals surface area contributed by atoms with Gasteiger partial charge < -0.3 is 21.5 Å². The van der Waals surface area contributed by atoms with Gasteiger partial charge >= 0.3 is 11.7 Å². The smallest absolute Gasteiger partial charge is 0.335 e. The first-order valence-electron chi connectivity index (χ1n) is 9.91. The number of nitrogens with one attached hydrogen (secondary N) is 1. The number of hydrogen-bond donors (Lipinski definition) is 4. The van der Waals surface area contributed by atoms with E-state index in [-0.39, 0.29) is 54.5 Å². The number of carboxylic acids is 1. The SMILES string of the molecule is Nc1nc(N)c(CCCN(Cc2ccc(C(=O)O)cc2)c2cc(F)cc(F)c2[N+](=O)[O-])c(=O)[nH]1. The van der Waals surface area contributed by atoms with E-state index in [9.17, 15) is 28.5 Å². The van der Waals surface area contributed by atoms with Crippen LogP contribution in [0.15, 0.2) is 41.2 Å². The second kappa shape index (κ2) is 9.94. The largest absolute Gasteiger partial charge is 0.478 e. The summed E-state index contributed by atoms with van der Waals surface area (Å²) in [7, 11) is 0. The van der Waals surface area contributed by atoms with Gasteiger partial charge in [0.05, 0.1) is 16.1 Å². The van der Waals surface area contributed by atoms with Crippen molar-refractivity contribution in [3.63, 3.8) is 0 Å². The standard InChI is InChI=1S/C21H20F2N6O5/c22-13-8-15(23)17(29(33)34)16(9-13)28(10-11-3-5-12(6-4-11)20(31)32)7-1-2-14-18(24)26-21(25)27-19(14)30/h3-6,8-9H,1-2,7,10H2,(H,31,32)(H5,24,25,26,27,30). The monoisotopic (exact) mass is 474 g/mol. The lowest BCUT2D eigenvalue weighted by atomic mass is 10.1. The van der Waals surface area contributed by atoms with Crippen LogP contribution < -0.4 is 21.9 Å². The molecule has 0 radical (unpaired) electrons. The maximum atomic E-state index is 14.3. The number of nitro benzene ring substituents is 1. The van der Waals surface area contributed by atoms with Gasteiger partial charge in [-0.15, -0.1) is 0 Å². The Morgan fingerprint density at radius 2 is 1.88 bits per heavy atom. The summed E-state index contributed by atoms with van der Waals surface area (Å²) in [6, 6.07) is 6.93. The minimum atomic E-state index is -1.34. The normalized spacial score (nSPS) is 10.8. The highest BCUT2D eigenvalue weighted by Crippen LogP contribution is 2.33. The molecule has 34 heavy (non-hydrogen) atoms. The van der Waals surface area contributed by atoms with Gasteiger partial charge in [-0.2, -0.15) is 9.37 Å². The van der Waals surface area contributed by atoms with E-state index in [1.54, 1.807) is 0 Å². The van der Waals surface area contributed by atoms with Crippen molar-refractivity contribution in [1.29, 1.82) is 0 Å². The van der Waals surface area contributed by atoms with Gasteiger partial charge in [-0.25, -0.2) is 9.18 Å². The van der Waals surface area contributed by atoms with Gasteiger partial charge in [0.2, 0.25) is 11.8 Å². The zero-order valence-corrected chi connectivity index (χ0v) is 17.6. The van der Waals surface area contributed by atoms with E-state index in [4.69, 9.17) is 16.6 Å². The Morgan fingerprint density at radius 3 is 2.47 bits per heavy atom. The van der Waals surface area contributed by atoms with Gasteiger partial charge in [-0.3, -0.25) is 19.9 Å². The number of carboxylic acid groups (broad SMARTS) is 1. The van der Waals surface area contributed by atoms with Crippen LogP contribution >= 0.6 is 0 Å². The lowest BCUT2D eigenvalue weighted by Gasteiger charge is -2.25. The summed E-state index contributed by atoms with van der Waals surface area (Å²) < 4.78 is 28.3. The summed E-state index contributed by atoms with van der Waals surface area (Å²) >= 11 is 0. The molecular formula is C21H20F2N6O5. The molecule has 0 amide bonds. The molecule has 1 aromatic heterocycles. The highest BCUT2D eigenvalue weighted by atomic mass is 19.1. The van der Waals surface area contributed by atoms with Crippen molar-refractivity contribution in [2.24, 2.45) is 0 Å². The van der Waals surface area contributed by atoms with Gasteiger partial charge in [-0.05, 0) is 30.5 Å². The van der Waals surface area contributed by atoms with Crippen LogP contribution in [-0.2, 0) is 13.0 Å². The average molecular weight is 474 g/mol. The third-order valence-corrected chi connectivity index (χ3v) is 5.03. The van der Waals surface area contributed by atoms with Crippen molar-refractivity contribution in [2.45, 2.75) is 19.4 Å². The maximum Gasteiger partial charge on any atom is 0.335 e. The van der Waals surface area contributed by atoms with Crippen LogP contribution in [0.4, 0.5) is 31.9 Å². The van der Waals surface area contributed by atoms with E-state index in [2.05, 4.69) is 9.97 Å². The molecule has 3 rings (SSSR count). The number of halogens is 2. The van der Waals surface area contributed by atoms with E-state index >= 15 is 0 Å². The number of aromatic amines is 1. The number of nitrogen functional groups attached to an aromatic ring is 2. The van der Waals surface area contributed by atoms with Gasteiger partial charge in [0.1, 0.15) is 17.3 Å². The van der Waals surface area contributed by atoms with Crippen molar-refractivity contribution in [1.82, 2.24) is 9.97 Å². The van der Waals surface area contributed by atoms with Crippen LogP contribution in [-0.4, -0.2) is 32.5 Å². The molecule has 2 aromatic carbocycles. The van der Waals surface area contributed by atoms with Gasteiger partial charge in [0, 0.05) is 25.2 Å². The van der Waals surface area contributed by atoms with Gasteiger partial charge in [0.15, 0.2) is 0 Å². The van der Waals surface area contributed by atoms with Crippen molar-refractivity contribution in [3.8, 4) is 0 Å². The van der Waals surface area contributed by atoms with Crippen molar-refractivity contribution in [2.75, 3.05) is 22.9 Å². The number of rotatable bonds is 9. The number of H-pyrrole nitrogens is 1. The first-order chi connectivity index (χ1) is 16.1. The van der Waals surface area contributed by atoms with E-state index in [1.165, 1.54) is 29.2 Å². The van der Waals surface area contributed by atoms with Crippen molar-refractivity contribution in [3.05, 3.63) is 85.2 Å². The predicted octanol–water partition coefficient (Wildman–Crippen LogP) is 2.46. The third-order valence-electron chi connectivity index (χ3n) is 5.03. The van der Waals surface area contributed by atoms with Crippen molar-refractivity contribution < 1.29 is 23.6 Å². The molecule has 6 N–H and O–H groups in total. The summed E-state index contributed by atoms with van der Waals surface area (Å²) in [5.74, 6) is -3.70. The summed E-state index contributed by atoms with van der Waals surface area (Å²) in [5, 5.41) is 20.6. The molecule has 0 fully saturated rings. The Bertz CT molecular complexity index is 1300. The number of aromatic carboxylic acids is 1. The molecule has 0 spiro atoms. The second-order valence-corrected chi connectivity index (χ2v) is 7.35. The molecular weight excluding hydrogens is 454 g/mol. The summed E-state index contributed by atoms with van der Waals surface area (Å²) in [4.78, 5) is 41.2. The lowest BCUT2D eigenvalue weighted by Crippen LogP contribution is -2.27. The Morgan fingerprint density at radius 1 is 1.21 bits per heavy atom. The van der Waals surface area contributed by atoms with Gasteiger partial charge in [0.25, 0.3) is 5.56 Å². The molecule has 0 saturated heterocycles. The quantitative estimate of drug-likeness (QED) is 0.267.